The van der Waals surface area contributed by atoms with Gasteiger partial charge in [-0.05, 0) is 37.8 Å². The maximum atomic E-state index is 4.53. The predicted octanol–water partition coefficient (Wildman–Crippen LogP) is 3.93. The molecule has 0 saturated heterocycles. The van der Waals surface area contributed by atoms with Crippen molar-refractivity contribution >= 4 is 12.6 Å². The van der Waals surface area contributed by atoms with Gasteiger partial charge in [0.2, 0.25) is 0 Å². The van der Waals surface area contributed by atoms with E-state index in [1.807, 2.05) is 0 Å². The van der Waals surface area contributed by atoms with E-state index in [1.165, 1.54) is 34.4 Å². The molecule has 1 aromatic carbocycles. The standard InChI is InChI=1S/C12H18S/c1-4-5-6-11-8-9(2)7-10(3)12(11)13/h7-8,13H,4-6H2,1-3H3. The first-order valence-electron chi connectivity index (χ1n) is 4.94. The highest BCUT2D eigenvalue weighted by molar-refractivity contribution is 7.80. The van der Waals surface area contributed by atoms with E-state index in [4.69, 9.17) is 0 Å². The Hall–Kier alpha value is -0.430. The van der Waals surface area contributed by atoms with E-state index in [2.05, 4.69) is 45.5 Å². The molecule has 0 aliphatic carbocycles. The molecule has 1 aromatic rings. The molecule has 0 unspecified atom stereocenters. The zero-order valence-corrected chi connectivity index (χ0v) is 9.62. The van der Waals surface area contributed by atoms with Crippen molar-refractivity contribution in [1.29, 1.82) is 0 Å². The summed E-state index contributed by atoms with van der Waals surface area (Å²) in [7, 11) is 0. The van der Waals surface area contributed by atoms with E-state index in [1.54, 1.807) is 0 Å². The maximum Gasteiger partial charge on any atom is 0.0101 e. The summed E-state index contributed by atoms with van der Waals surface area (Å²) in [6.45, 7) is 6.50. The van der Waals surface area contributed by atoms with Crippen LogP contribution in [0.5, 0.6) is 0 Å². The molecular formula is C12H18S. The summed E-state index contributed by atoms with van der Waals surface area (Å²) in [6, 6.07) is 4.45. The first-order chi connectivity index (χ1) is 6.15. The normalized spacial score (nSPS) is 10.5. The maximum absolute atomic E-state index is 4.53. The Labute approximate surface area is 86.8 Å². The van der Waals surface area contributed by atoms with Crippen molar-refractivity contribution in [1.82, 2.24) is 0 Å². The molecule has 0 spiro atoms. The quantitative estimate of drug-likeness (QED) is 0.692. The molecule has 72 valence electrons. The highest BCUT2D eigenvalue weighted by Crippen LogP contribution is 2.22. The molecule has 0 aliphatic rings. The molecule has 0 nitrogen and oxygen atoms in total. The van der Waals surface area contributed by atoms with Gasteiger partial charge in [-0.1, -0.05) is 31.0 Å². The minimum Gasteiger partial charge on any atom is -0.143 e. The van der Waals surface area contributed by atoms with Crippen LogP contribution < -0.4 is 0 Å². The molecule has 13 heavy (non-hydrogen) atoms. The number of thiol groups is 1. The lowest BCUT2D eigenvalue weighted by molar-refractivity contribution is 0.783. The fourth-order valence-corrected chi connectivity index (χ4v) is 1.85. The zero-order valence-electron chi connectivity index (χ0n) is 8.72. The van der Waals surface area contributed by atoms with E-state index in [9.17, 15) is 0 Å². The number of unbranched alkanes of at least 4 members (excludes halogenated alkanes) is 1. The molecule has 0 bridgehead atoms. The Morgan fingerprint density at radius 2 is 1.92 bits per heavy atom. The van der Waals surface area contributed by atoms with Crippen LogP contribution in [-0.2, 0) is 6.42 Å². The van der Waals surface area contributed by atoms with Crippen molar-refractivity contribution in [3.63, 3.8) is 0 Å². The van der Waals surface area contributed by atoms with Gasteiger partial charge in [-0.25, -0.2) is 0 Å². The number of benzene rings is 1. The van der Waals surface area contributed by atoms with Gasteiger partial charge < -0.3 is 0 Å². The van der Waals surface area contributed by atoms with Gasteiger partial charge in [-0.2, -0.15) is 0 Å². The summed E-state index contributed by atoms with van der Waals surface area (Å²) in [4.78, 5) is 1.18. The molecule has 0 saturated carbocycles. The van der Waals surface area contributed by atoms with Gasteiger partial charge in [-0.15, -0.1) is 12.6 Å². The fraction of sp³-hybridized carbons (Fsp3) is 0.500. The number of aryl methyl sites for hydroxylation is 3. The van der Waals surface area contributed by atoms with Crippen LogP contribution in [0.25, 0.3) is 0 Å². The summed E-state index contributed by atoms with van der Waals surface area (Å²) in [5, 5.41) is 0. The van der Waals surface area contributed by atoms with Crippen LogP contribution in [-0.4, -0.2) is 0 Å². The molecule has 0 atom stereocenters. The lowest BCUT2D eigenvalue weighted by Gasteiger charge is -2.08. The van der Waals surface area contributed by atoms with Gasteiger partial charge in [0.1, 0.15) is 0 Å². The molecule has 0 heterocycles. The summed E-state index contributed by atoms with van der Waals surface area (Å²) in [5.41, 5.74) is 4.05. The van der Waals surface area contributed by atoms with E-state index in [0.29, 0.717) is 0 Å². The van der Waals surface area contributed by atoms with E-state index < -0.39 is 0 Å². The predicted molar refractivity (Wildman–Crippen MR) is 61.8 cm³/mol. The third-order valence-electron chi connectivity index (χ3n) is 2.32. The van der Waals surface area contributed by atoms with Crippen LogP contribution in [0.1, 0.15) is 36.5 Å². The first-order valence-corrected chi connectivity index (χ1v) is 5.39. The number of hydrogen-bond donors (Lipinski definition) is 1. The van der Waals surface area contributed by atoms with Crippen molar-refractivity contribution in [2.45, 2.75) is 44.9 Å². The Morgan fingerprint density at radius 3 is 2.54 bits per heavy atom. The number of rotatable bonds is 3. The van der Waals surface area contributed by atoms with Crippen LogP contribution in [0.15, 0.2) is 17.0 Å². The van der Waals surface area contributed by atoms with Gasteiger partial charge in [0.25, 0.3) is 0 Å². The largest absolute Gasteiger partial charge is 0.143 e. The molecule has 0 amide bonds. The van der Waals surface area contributed by atoms with Crippen molar-refractivity contribution in [2.75, 3.05) is 0 Å². The highest BCUT2D eigenvalue weighted by atomic mass is 32.1. The Bertz CT molecular complexity index is 289. The second kappa shape index (κ2) is 4.71. The average molecular weight is 194 g/mol. The van der Waals surface area contributed by atoms with Gasteiger partial charge in [-0.3, -0.25) is 0 Å². The van der Waals surface area contributed by atoms with E-state index >= 15 is 0 Å². The lowest BCUT2D eigenvalue weighted by atomic mass is 10.0. The van der Waals surface area contributed by atoms with E-state index in [0.717, 1.165) is 6.42 Å². The minimum absolute atomic E-state index is 1.16. The molecule has 0 aliphatic heterocycles. The van der Waals surface area contributed by atoms with Crippen molar-refractivity contribution < 1.29 is 0 Å². The van der Waals surface area contributed by atoms with Gasteiger partial charge in [0.15, 0.2) is 0 Å². The molecule has 0 aromatic heterocycles. The Morgan fingerprint density at radius 1 is 1.23 bits per heavy atom. The summed E-state index contributed by atoms with van der Waals surface area (Å²) in [5.74, 6) is 0. The monoisotopic (exact) mass is 194 g/mol. The highest BCUT2D eigenvalue weighted by Gasteiger charge is 2.02. The minimum atomic E-state index is 1.16. The summed E-state index contributed by atoms with van der Waals surface area (Å²) >= 11 is 4.53. The van der Waals surface area contributed by atoms with Crippen LogP contribution in [0, 0.1) is 13.8 Å². The van der Waals surface area contributed by atoms with Crippen molar-refractivity contribution in [3.05, 3.63) is 28.8 Å². The second-order valence-corrected chi connectivity index (χ2v) is 4.14. The first kappa shape index (κ1) is 10.6. The molecule has 0 radical (unpaired) electrons. The van der Waals surface area contributed by atoms with Gasteiger partial charge in [0, 0.05) is 4.90 Å². The zero-order chi connectivity index (χ0) is 9.84. The molecular weight excluding hydrogens is 176 g/mol. The Kier molecular flexibility index (Phi) is 3.86. The Balaban J connectivity index is 2.92. The van der Waals surface area contributed by atoms with Gasteiger partial charge >= 0.3 is 0 Å². The van der Waals surface area contributed by atoms with Crippen LogP contribution >= 0.6 is 12.6 Å². The van der Waals surface area contributed by atoms with Crippen LogP contribution in [0.3, 0.4) is 0 Å². The average Bonchev–Trinajstić information content (AvgIpc) is 2.09. The third-order valence-corrected chi connectivity index (χ3v) is 2.96. The molecule has 0 fully saturated rings. The topological polar surface area (TPSA) is 0 Å². The molecule has 1 heteroatoms. The molecule has 0 N–H and O–H groups in total. The number of hydrogen-bond acceptors (Lipinski definition) is 1. The summed E-state index contributed by atoms with van der Waals surface area (Å²) in [6.07, 6.45) is 3.68. The summed E-state index contributed by atoms with van der Waals surface area (Å²) < 4.78 is 0. The van der Waals surface area contributed by atoms with Crippen molar-refractivity contribution in [3.8, 4) is 0 Å². The third kappa shape index (κ3) is 2.77. The molecule has 1 rings (SSSR count). The second-order valence-electron chi connectivity index (χ2n) is 3.69. The van der Waals surface area contributed by atoms with Crippen LogP contribution in [0.2, 0.25) is 0 Å². The lowest BCUT2D eigenvalue weighted by Crippen LogP contribution is -1.91. The van der Waals surface area contributed by atoms with Gasteiger partial charge in [0.05, 0.1) is 0 Å². The fourth-order valence-electron chi connectivity index (χ4n) is 1.61. The van der Waals surface area contributed by atoms with E-state index in [-0.39, 0.29) is 0 Å². The smallest absolute Gasteiger partial charge is 0.0101 e. The van der Waals surface area contributed by atoms with Crippen LogP contribution in [0.4, 0.5) is 0 Å². The van der Waals surface area contributed by atoms with Crippen molar-refractivity contribution in [2.24, 2.45) is 0 Å². The SMILES string of the molecule is CCCCc1cc(C)cc(C)c1S.